The van der Waals surface area contributed by atoms with Crippen LogP contribution < -0.4 is 0 Å². The fraction of sp³-hybridized carbons (Fsp3) is 0.864. The van der Waals surface area contributed by atoms with Crippen LogP contribution >= 0.6 is 16.1 Å². The molecule has 0 N–H and O–H groups in total. The SMILES string of the molecule is CC(=O)CCC(=O)C(C)C.CC(=O)CCC(=O)C(C)C.CCC(=O)CCC(=O)C(C)C.CCCOP(=O)(OC)OC(C)C.CCCOP(C(C)C)N(C(C)C)C(C)C. The first-order chi connectivity index (χ1) is 26.6. The molecule has 0 spiro atoms. The van der Waals surface area contributed by atoms with Gasteiger partial charge in [-0.3, -0.25) is 37.4 Å². The molecule has 0 aromatic rings. The Labute approximate surface area is 357 Å². The van der Waals surface area contributed by atoms with Gasteiger partial charge in [-0.1, -0.05) is 76.2 Å². The Morgan fingerprint density at radius 3 is 1.17 bits per heavy atom. The summed E-state index contributed by atoms with van der Waals surface area (Å²) >= 11 is 0. The number of phosphoric ester groups is 1. The number of Topliss-reactive ketones (excluding diaryl/α,β-unsaturated/α-hetero) is 6. The van der Waals surface area contributed by atoms with Crippen molar-refractivity contribution in [3.05, 3.63) is 0 Å². The van der Waals surface area contributed by atoms with Crippen LogP contribution in [0, 0.1) is 17.8 Å². The van der Waals surface area contributed by atoms with Crippen molar-refractivity contribution in [2.45, 2.75) is 213 Å². The van der Waals surface area contributed by atoms with Gasteiger partial charge in [0.1, 0.15) is 43.0 Å². The summed E-state index contributed by atoms with van der Waals surface area (Å²) in [5.41, 5.74) is 0.608. The van der Waals surface area contributed by atoms with Crippen LogP contribution in [0.4, 0.5) is 0 Å². The van der Waals surface area contributed by atoms with Crippen LogP contribution in [0.1, 0.15) is 189 Å². The van der Waals surface area contributed by atoms with Crippen LogP contribution in [-0.4, -0.2) is 83.5 Å². The van der Waals surface area contributed by atoms with Gasteiger partial charge in [0.2, 0.25) is 0 Å². The van der Waals surface area contributed by atoms with Crippen LogP contribution in [0.25, 0.3) is 0 Å². The van der Waals surface area contributed by atoms with Gasteiger partial charge in [0, 0.05) is 87.6 Å². The second kappa shape index (κ2) is 39.6. The molecule has 2 atom stereocenters. The summed E-state index contributed by atoms with van der Waals surface area (Å²) in [6.07, 6.45) is 4.74. The normalized spacial score (nSPS) is 12.6. The minimum absolute atomic E-state index is 0.0688. The second-order valence-corrected chi connectivity index (χ2v) is 20.2. The molecule has 0 radical (unpaired) electrons. The third-order valence-corrected chi connectivity index (χ3v) is 11.9. The summed E-state index contributed by atoms with van der Waals surface area (Å²) in [7, 11) is -2.39. The molecule has 0 amide bonds. The highest BCUT2D eigenvalue weighted by atomic mass is 31.2. The molecule has 14 heteroatoms. The van der Waals surface area contributed by atoms with Gasteiger partial charge in [-0.25, -0.2) is 4.57 Å². The van der Waals surface area contributed by atoms with Gasteiger partial charge in [-0.2, -0.15) is 0 Å². The van der Waals surface area contributed by atoms with Crippen LogP contribution in [-0.2, 0) is 51.4 Å². The Balaban J connectivity index is -0.000000204. The van der Waals surface area contributed by atoms with Gasteiger partial charge in [0.25, 0.3) is 0 Å². The van der Waals surface area contributed by atoms with Crippen molar-refractivity contribution in [1.29, 1.82) is 0 Å². The van der Waals surface area contributed by atoms with E-state index in [0.717, 1.165) is 19.4 Å². The van der Waals surface area contributed by atoms with Gasteiger partial charge >= 0.3 is 7.82 Å². The van der Waals surface area contributed by atoms with Crippen molar-refractivity contribution in [3.63, 3.8) is 0 Å². The Morgan fingerprint density at radius 1 is 0.569 bits per heavy atom. The topological polar surface area (TPSA) is 160 Å². The van der Waals surface area contributed by atoms with Gasteiger partial charge in [0.05, 0.1) is 19.3 Å². The highest BCUT2D eigenvalue weighted by Crippen LogP contribution is 2.50. The first kappa shape index (κ1) is 65.6. The van der Waals surface area contributed by atoms with E-state index in [9.17, 15) is 33.3 Å². The lowest BCUT2D eigenvalue weighted by Crippen LogP contribution is -2.35. The van der Waals surface area contributed by atoms with E-state index in [1.54, 1.807) is 13.8 Å². The molecule has 2 unspecified atom stereocenters. The largest absolute Gasteiger partial charge is 0.474 e. The van der Waals surface area contributed by atoms with E-state index in [1.807, 2.05) is 55.4 Å². The van der Waals surface area contributed by atoms with Crippen LogP contribution in [0.3, 0.4) is 0 Å². The average molecular weight is 870 g/mol. The molecule has 0 aliphatic rings. The zero-order valence-corrected chi connectivity index (χ0v) is 42.4. The molecular weight excluding hydrogens is 780 g/mol. The van der Waals surface area contributed by atoms with Crippen LogP contribution in [0.15, 0.2) is 0 Å². The summed E-state index contributed by atoms with van der Waals surface area (Å²) in [4.78, 5) is 64.4. The smallest absolute Gasteiger partial charge is 0.343 e. The van der Waals surface area contributed by atoms with E-state index in [-0.39, 0.29) is 58.6 Å². The molecule has 0 aromatic carbocycles. The van der Waals surface area contributed by atoms with Crippen molar-refractivity contribution < 1.29 is 51.4 Å². The van der Waals surface area contributed by atoms with E-state index in [0.29, 0.717) is 69.3 Å². The fourth-order valence-electron chi connectivity index (χ4n) is 4.21. The number of carbonyl (C=O) groups is 6. The first-order valence-corrected chi connectivity index (χ1v) is 24.1. The number of rotatable bonds is 26. The fourth-order valence-corrected chi connectivity index (χ4v) is 7.63. The number of hydrogen-bond donors (Lipinski definition) is 0. The molecule has 58 heavy (non-hydrogen) atoms. The van der Waals surface area contributed by atoms with Gasteiger partial charge in [-0.15, -0.1) is 0 Å². The maximum Gasteiger partial charge on any atom is 0.474 e. The van der Waals surface area contributed by atoms with E-state index in [4.69, 9.17) is 13.6 Å². The molecule has 0 bridgehead atoms. The molecular formula is C44H89NO11P2. The first-order valence-electron chi connectivity index (χ1n) is 21.4. The molecule has 0 rings (SSSR count). The Hall–Kier alpha value is -1.52. The maximum absolute atomic E-state index is 11.5. The molecule has 346 valence electrons. The van der Waals surface area contributed by atoms with Crippen LogP contribution in [0.5, 0.6) is 0 Å². The van der Waals surface area contributed by atoms with Crippen molar-refractivity contribution >= 4 is 50.8 Å². The molecule has 12 nitrogen and oxygen atoms in total. The molecule has 0 aliphatic carbocycles. The molecule has 0 aromatic heterocycles. The number of hydrogen-bond acceptors (Lipinski definition) is 12. The van der Waals surface area contributed by atoms with Crippen molar-refractivity contribution in [1.82, 2.24) is 4.67 Å². The van der Waals surface area contributed by atoms with E-state index in [1.165, 1.54) is 21.0 Å². The predicted octanol–water partition coefficient (Wildman–Crippen LogP) is 12.0. The Morgan fingerprint density at radius 2 is 0.931 bits per heavy atom. The zero-order valence-electron chi connectivity index (χ0n) is 40.7. The molecule has 0 saturated carbocycles. The van der Waals surface area contributed by atoms with Crippen molar-refractivity contribution in [2.75, 3.05) is 20.3 Å². The summed E-state index contributed by atoms with van der Waals surface area (Å²) in [6.45, 7) is 38.4. The van der Waals surface area contributed by atoms with Gasteiger partial charge in [-0.05, 0) is 68.2 Å². The quantitative estimate of drug-likeness (QED) is 0.0758. The Kier molecular flexibility index (Phi) is 44.8. The molecule has 0 fully saturated rings. The number of nitrogens with zero attached hydrogens (tertiary/aromatic N) is 1. The van der Waals surface area contributed by atoms with E-state index in [2.05, 4.69) is 57.7 Å². The van der Waals surface area contributed by atoms with Crippen molar-refractivity contribution in [2.24, 2.45) is 17.8 Å². The predicted molar refractivity (Wildman–Crippen MR) is 241 cm³/mol. The lowest BCUT2D eigenvalue weighted by Gasteiger charge is -2.39. The van der Waals surface area contributed by atoms with Gasteiger partial charge < -0.3 is 14.1 Å². The lowest BCUT2D eigenvalue weighted by molar-refractivity contribution is -0.125. The molecule has 0 saturated heterocycles. The summed E-state index contributed by atoms with van der Waals surface area (Å²) < 4.78 is 34.6. The number of carbonyl (C=O) groups excluding carboxylic acids is 6. The average Bonchev–Trinajstić information content (AvgIpc) is 3.12. The lowest BCUT2D eigenvalue weighted by atomic mass is 10.0. The second-order valence-electron chi connectivity index (χ2n) is 16.1. The number of ketones is 6. The monoisotopic (exact) mass is 870 g/mol. The zero-order chi connectivity index (χ0) is 46.8. The highest BCUT2D eigenvalue weighted by Gasteiger charge is 2.28. The summed E-state index contributed by atoms with van der Waals surface area (Å²) in [5, 5.41) is 0. The standard InChI is InChI=1S/C12H28NOP.C9H16O2.2C8H14O2.C7H17O4P/c1-8-9-14-15(12(6)7)13(10(2)3)11(4)5;1-4-8(10)5-6-9(11)7(2)3;2*1-6(2)8(10)5-4-7(3)9;1-5-6-10-12(8,9-4)11-7(2)3/h10-12H,8-9H2,1-7H3;7H,4-6H2,1-3H3;2*6H,4-5H2,1-3H3;7H,5-6H2,1-4H3. The summed E-state index contributed by atoms with van der Waals surface area (Å²) in [6, 6.07) is 1.13. The summed E-state index contributed by atoms with van der Waals surface area (Å²) in [5.74, 6) is 1.11. The van der Waals surface area contributed by atoms with Crippen LogP contribution in [0.2, 0.25) is 0 Å². The number of phosphoric acid groups is 1. The van der Waals surface area contributed by atoms with E-state index < -0.39 is 16.1 Å². The minimum Gasteiger partial charge on any atom is -0.343 e. The molecule has 0 aliphatic heterocycles. The minimum atomic E-state index is -3.27. The van der Waals surface area contributed by atoms with E-state index >= 15 is 0 Å². The third-order valence-electron chi connectivity index (χ3n) is 7.60. The molecule has 0 heterocycles. The third kappa shape index (κ3) is 42.6. The highest BCUT2D eigenvalue weighted by molar-refractivity contribution is 7.50. The van der Waals surface area contributed by atoms with Crippen molar-refractivity contribution in [3.8, 4) is 0 Å². The Bertz CT molecular complexity index is 1110. The van der Waals surface area contributed by atoms with Gasteiger partial charge in [0.15, 0.2) is 0 Å². The maximum atomic E-state index is 11.5.